The molecule has 0 bridgehead atoms. The van der Waals surface area contributed by atoms with Crippen molar-refractivity contribution in [3.05, 3.63) is 59.9 Å². The van der Waals surface area contributed by atoms with Crippen molar-refractivity contribution in [2.45, 2.75) is 26.0 Å². The summed E-state index contributed by atoms with van der Waals surface area (Å²) in [5, 5.41) is 0. The van der Waals surface area contributed by atoms with Crippen LogP contribution in [0, 0.1) is 6.92 Å². The SMILES string of the molecule is Cc1cncc(O[C@H]2CCN(Cc3ccccc3)C2)c1. The van der Waals surface area contributed by atoms with Gasteiger partial charge in [-0.3, -0.25) is 9.88 Å². The number of benzene rings is 1. The molecular weight excluding hydrogens is 248 g/mol. The minimum absolute atomic E-state index is 0.280. The van der Waals surface area contributed by atoms with Gasteiger partial charge in [0.2, 0.25) is 0 Å². The highest BCUT2D eigenvalue weighted by Crippen LogP contribution is 2.19. The summed E-state index contributed by atoms with van der Waals surface area (Å²) in [7, 11) is 0. The third-order valence-corrected chi connectivity index (χ3v) is 3.63. The van der Waals surface area contributed by atoms with Crippen molar-refractivity contribution < 1.29 is 4.74 Å². The van der Waals surface area contributed by atoms with Crippen LogP contribution in [0.15, 0.2) is 48.8 Å². The Morgan fingerprint density at radius 2 is 2.10 bits per heavy atom. The first kappa shape index (κ1) is 13.1. The number of aryl methyl sites for hydroxylation is 1. The lowest BCUT2D eigenvalue weighted by molar-refractivity contribution is 0.197. The van der Waals surface area contributed by atoms with Crippen LogP contribution in [0.2, 0.25) is 0 Å². The monoisotopic (exact) mass is 268 g/mol. The number of hydrogen-bond acceptors (Lipinski definition) is 3. The first-order chi connectivity index (χ1) is 9.79. The van der Waals surface area contributed by atoms with E-state index in [9.17, 15) is 0 Å². The largest absolute Gasteiger partial charge is 0.487 e. The van der Waals surface area contributed by atoms with Crippen LogP contribution in [0.4, 0.5) is 0 Å². The quantitative estimate of drug-likeness (QED) is 0.852. The fourth-order valence-electron chi connectivity index (χ4n) is 2.66. The Bertz CT molecular complexity index is 556. The molecule has 3 heteroatoms. The fraction of sp³-hybridized carbons (Fsp3) is 0.353. The zero-order valence-corrected chi connectivity index (χ0v) is 11.8. The molecule has 0 N–H and O–H groups in total. The predicted octanol–water partition coefficient (Wildman–Crippen LogP) is 3.04. The third-order valence-electron chi connectivity index (χ3n) is 3.63. The van der Waals surface area contributed by atoms with Crippen LogP contribution in [0.25, 0.3) is 0 Å². The molecule has 2 heterocycles. The van der Waals surface area contributed by atoms with Crippen molar-refractivity contribution in [2.24, 2.45) is 0 Å². The molecule has 20 heavy (non-hydrogen) atoms. The predicted molar refractivity (Wildman–Crippen MR) is 79.7 cm³/mol. The molecule has 3 rings (SSSR count). The Kier molecular flexibility index (Phi) is 3.97. The molecule has 1 aromatic heterocycles. The molecule has 3 nitrogen and oxygen atoms in total. The molecule has 0 unspecified atom stereocenters. The van der Waals surface area contributed by atoms with Gasteiger partial charge in [-0.1, -0.05) is 30.3 Å². The Labute approximate surface area is 120 Å². The van der Waals surface area contributed by atoms with E-state index in [4.69, 9.17) is 4.74 Å². The van der Waals surface area contributed by atoms with Crippen molar-refractivity contribution >= 4 is 0 Å². The third kappa shape index (κ3) is 3.36. The average molecular weight is 268 g/mol. The molecule has 0 spiro atoms. The summed E-state index contributed by atoms with van der Waals surface area (Å²) < 4.78 is 6.02. The van der Waals surface area contributed by atoms with Gasteiger partial charge in [0.25, 0.3) is 0 Å². The molecule has 0 saturated carbocycles. The minimum Gasteiger partial charge on any atom is -0.487 e. The maximum Gasteiger partial charge on any atom is 0.138 e. The number of rotatable bonds is 4. The van der Waals surface area contributed by atoms with Gasteiger partial charge >= 0.3 is 0 Å². The van der Waals surface area contributed by atoms with Crippen LogP contribution in [-0.4, -0.2) is 29.1 Å². The highest BCUT2D eigenvalue weighted by atomic mass is 16.5. The zero-order chi connectivity index (χ0) is 13.8. The van der Waals surface area contributed by atoms with Gasteiger partial charge in [-0.15, -0.1) is 0 Å². The molecular formula is C17H20N2O. The van der Waals surface area contributed by atoms with Crippen molar-refractivity contribution in [1.29, 1.82) is 0 Å². The van der Waals surface area contributed by atoms with Gasteiger partial charge in [0.05, 0.1) is 6.20 Å². The van der Waals surface area contributed by atoms with Crippen LogP contribution in [0.5, 0.6) is 5.75 Å². The van der Waals surface area contributed by atoms with E-state index in [-0.39, 0.29) is 6.10 Å². The Morgan fingerprint density at radius 1 is 1.25 bits per heavy atom. The zero-order valence-electron chi connectivity index (χ0n) is 11.8. The van der Waals surface area contributed by atoms with Gasteiger partial charge in [-0.05, 0) is 30.5 Å². The summed E-state index contributed by atoms with van der Waals surface area (Å²) in [4.78, 5) is 6.62. The van der Waals surface area contributed by atoms with E-state index in [1.807, 2.05) is 19.2 Å². The molecule has 1 saturated heterocycles. The number of aromatic nitrogens is 1. The minimum atomic E-state index is 0.280. The van der Waals surface area contributed by atoms with E-state index in [0.29, 0.717) is 0 Å². The normalized spacial score (nSPS) is 19.1. The summed E-state index contributed by atoms with van der Waals surface area (Å²) in [6.07, 6.45) is 5.01. The number of hydrogen-bond donors (Lipinski definition) is 0. The molecule has 0 aliphatic carbocycles. The lowest BCUT2D eigenvalue weighted by atomic mass is 10.2. The van der Waals surface area contributed by atoms with Crippen LogP contribution < -0.4 is 4.74 Å². The lowest BCUT2D eigenvalue weighted by Gasteiger charge is -2.17. The Hall–Kier alpha value is -1.87. The highest BCUT2D eigenvalue weighted by molar-refractivity contribution is 5.22. The van der Waals surface area contributed by atoms with Crippen molar-refractivity contribution in [3.8, 4) is 5.75 Å². The van der Waals surface area contributed by atoms with Crippen LogP contribution >= 0.6 is 0 Å². The van der Waals surface area contributed by atoms with Gasteiger partial charge in [0.15, 0.2) is 0 Å². The first-order valence-electron chi connectivity index (χ1n) is 7.14. The van der Waals surface area contributed by atoms with E-state index in [2.05, 4.69) is 40.2 Å². The summed E-state index contributed by atoms with van der Waals surface area (Å²) >= 11 is 0. The molecule has 0 amide bonds. The molecule has 104 valence electrons. The average Bonchev–Trinajstić information content (AvgIpc) is 2.87. The van der Waals surface area contributed by atoms with Crippen LogP contribution in [0.1, 0.15) is 17.5 Å². The topological polar surface area (TPSA) is 25.4 Å². The molecule has 1 aliphatic rings. The van der Waals surface area contributed by atoms with Gasteiger partial charge < -0.3 is 4.74 Å². The Balaban J connectivity index is 1.54. The van der Waals surface area contributed by atoms with Crippen LogP contribution in [-0.2, 0) is 6.54 Å². The molecule has 0 radical (unpaired) electrons. The van der Waals surface area contributed by atoms with E-state index in [0.717, 1.165) is 37.4 Å². The second-order valence-electron chi connectivity index (χ2n) is 5.45. The van der Waals surface area contributed by atoms with E-state index >= 15 is 0 Å². The number of nitrogens with zero attached hydrogens (tertiary/aromatic N) is 2. The fourth-order valence-corrected chi connectivity index (χ4v) is 2.66. The van der Waals surface area contributed by atoms with E-state index in [1.54, 1.807) is 6.20 Å². The summed E-state index contributed by atoms with van der Waals surface area (Å²) in [6.45, 7) is 5.13. The second-order valence-corrected chi connectivity index (χ2v) is 5.45. The Morgan fingerprint density at radius 3 is 2.90 bits per heavy atom. The summed E-state index contributed by atoms with van der Waals surface area (Å²) in [6, 6.07) is 12.7. The van der Waals surface area contributed by atoms with Gasteiger partial charge in [0.1, 0.15) is 11.9 Å². The highest BCUT2D eigenvalue weighted by Gasteiger charge is 2.23. The van der Waals surface area contributed by atoms with Crippen molar-refractivity contribution in [2.75, 3.05) is 13.1 Å². The van der Waals surface area contributed by atoms with Crippen molar-refractivity contribution in [1.82, 2.24) is 9.88 Å². The van der Waals surface area contributed by atoms with Gasteiger partial charge in [-0.2, -0.15) is 0 Å². The lowest BCUT2D eigenvalue weighted by Crippen LogP contribution is -2.24. The van der Waals surface area contributed by atoms with Crippen LogP contribution in [0.3, 0.4) is 0 Å². The molecule has 1 atom stereocenters. The maximum atomic E-state index is 6.02. The van der Waals surface area contributed by atoms with Gasteiger partial charge in [0, 0.05) is 25.8 Å². The van der Waals surface area contributed by atoms with E-state index in [1.165, 1.54) is 5.56 Å². The summed E-state index contributed by atoms with van der Waals surface area (Å²) in [5.41, 5.74) is 2.51. The molecule has 1 aromatic carbocycles. The van der Waals surface area contributed by atoms with Crippen molar-refractivity contribution in [3.63, 3.8) is 0 Å². The standard InChI is InChI=1S/C17H20N2O/c1-14-9-17(11-18-10-14)20-16-7-8-19(13-16)12-15-5-3-2-4-6-15/h2-6,9-11,16H,7-8,12-13H2,1H3/t16-/m0/s1. The van der Waals surface area contributed by atoms with E-state index < -0.39 is 0 Å². The smallest absolute Gasteiger partial charge is 0.138 e. The molecule has 2 aromatic rings. The second kappa shape index (κ2) is 6.06. The number of likely N-dealkylation sites (tertiary alicyclic amines) is 1. The summed E-state index contributed by atoms with van der Waals surface area (Å²) in [5.74, 6) is 0.886. The van der Waals surface area contributed by atoms with Gasteiger partial charge in [-0.25, -0.2) is 0 Å². The number of ether oxygens (including phenoxy) is 1. The number of pyridine rings is 1. The molecule has 1 fully saturated rings. The molecule has 1 aliphatic heterocycles. The maximum absolute atomic E-state index is 6.02. The first-order valence-corrected chi connectivity index (χ1v) is 7.14.